The summed E-state index contributed by atoms with van der Waals surface area (Å²) in [6.45, 7) is 3.91. The third kappa shape index (κ3) is 2.23. The molecule has 1 saturated heterocycles. The number of anilines is 1. The van der Waals surface area contributed by atoms with Crippen molar-refractivity contribution in [2.24, 2.45) is 0 Å². The van der Waals surface area contributed by atoms with Crippen molar-refractivity contribution in [1.29, 1.82) is 0 Å². The predicted octanol–water partition coefficient (Wildman–Crippen LogP) is 1.45. The Bertz CT molecular complexity index is 461. The van der Waals surface area contributed by atoms with Crippen LogP contribution in [0.2, 0.25) is 0 Å². The molecule has 1 aromatic heterocycles. The fourth-order valence-corrected chi connectivity index (χ4v) is 2.59. The van der Waals surface area contributed by atoms with E-state index in [4.69, 9.17) is 0 Å². The number of nitrogens with zero attached hydrogens (tertiary/aromatic N) is 3. The number of piperazine rings is 1. The molecule has 2 aliphatic rings. The molecule has 1 aromatic rings. The van der Waals surface area contributed by atoms with Crippen LogP contribution in [-0.2, 0) is 4.79 Å². The van der Waals surface area contributed by atoms with Gasteiger partial charge in [-0.05, 0) is 18.6 Å². The van der Waals surface area contributed by atoms with E-state index in [1.807, 2.05) is 30.5 Å². The zero-order valence-electron chi connectivity index (χ0n) is 10.4. The first-order valence-electron chi connectivity index (χ1n) is 6.47. The largest absolute Gasteiger partial charge is 0.371 e. The summed E-state index contributed by atoms with van der Waals surface area (Å²) in [5.74, 6) is 1.32. The molecule has 1 fully saturated rings. The van der Waals surface area contributed by atoms with Gasteiger partial charge in [0.05, 0.1) is 0 Å². The van der Waals surface area contributed by atoms with Gasteiger partial charge in [-0.15, -0.1) is 0 Å². The number of ketones is 1. The second-order valence-electron chi connectivity index (χ2n) is 4.76. The van der Waals surface area contributed by atoms with E-state index < -0.39 is 0 Å². The number of carbonyl (C=O) groups is 1. The van der Waals surface area contributed by atoms with Crippen molar-refractivity contribution in [3.05, 3.63) is 36.2 Å². The molecule has 0 aromatic carbocycles. The summed E-state index contributed by atoms with van der Waals surface area (Å²) in [6, 6.07) is 6.01. The fourth-order valence-electron chi connectivity index (χ4n) is 2.59. The van der Waals surface area contributed by atoms with Crippen molar-refractivity contribution in [1.82, 2.24) is 9.88 Å². The minimum absolute atomic E-state index is 0.275. The van der Waals surface area contributed by atoms with Crippen LogP contribution in [0.4, 0.5) is 5.82 Å². The maximum Gasteiger partial charge on any atom is 0.157 e. The Kier molecular flexibility index (Phi) is 3.00. The highest BCUT2D eigenvalue weighted by atomic mass is 16.1. The lowest BCUT2D eigenvalue weighted by Gasteiger charge is -2.37. The SMILES string of the molecule is O=C1C=C(N2CCN(c3ccccn3)CC2)CC1. The Morgan fingerprint density at radius 2 is 1.78 bits per heavy atom. The third-order valence-electron chi connectivity index (χ3n) is 3.61. The standard InChI is InChI=1S/C14H17N3O/c18-13-5-4-12(11-13)16-7-9-17(10-8-16)14-3-1-2-6-15-14/h1-3,6,11H,4-5,7-10H2. The molecular formula is C14H17N3O. The van der Waals surface area contributed by atoms with Crippen molar-refractivity contribution in [2.45, 2.75) is 12.8 Å². The highest BCUT2D eigenvalue weighted by molar-refractivity contribution is 5.92. The minimum Gasteiger partial charge on any atom is -0.371 e. The van der Waals surface area contributed by atoms with Crippen LogP contribution in [0.25, 0.3) is 0 Å². The van der Waals surface area contributed by atoms with Gasteiger partial charge >= 0.3 is 0 Å². The van der Waals surface area contributed by atoms with E-state index in [0.717, 1.165) is 38.4 Å². The van der Waals surface area contributed by atoms with Gasteiger partial charge in [-0.2, -0.15) is 0 Å². The van der Waals surface area contributed by atoms with Gasteiger partial charge in [0.1, 0.15) is 5.82 Å². The van der Waals surface area contributed by atoms with E-state index in [0.29, 0.717) is 6.42 Å². The average Bonchev–Trinajstić information content (AvgIpc) is 2.87. The lowest BCUT2D eigenvalue weighted by Crippen LogP contribution is -2.45. The molecule has 3 rings (SSSR count). The molecule has 1 aliphatic carbocycles. The van der Waals surface area contributed by atoms with Crippen LogP contribution in [0.5, 0.6) is 0 Å². The van der Waals surface area contributed by atoms with Gasteiger partial charge in [-0.3, -0.25) is 4.79 Å². The van der Waals surface area contributed by atoms with E-state index in [1.165, 1.54) is 5.70 Å². The van der Waals surface area contributed by atoms with E-state index in [-0.39, 0.29) is 5.78 Å². The van der Waals surface area contributed by atoms with Gasteiger partial charge < -0.3 is 9.80 Å². The van der Waals surface area contributed by atoms with Gasteiger partial charge in [0.15, 0.2) is 5.78 Å². The summed E-state index contributed by atoms with van der Waals surface area (Å²) >= 11 is 0. The van der Waals surface area contributed by atoms with Crippen LogP contribution in [-0.4, -0.2) is 41.8 Å². The number of carbonyl (C=O) groups excluding carboxylic acids is 1. The van der Waals surface area contributed by atoms with Gasteiger partial charge in [0, 0.05) is 50.6 Å². The average molecular weight is 243 g/mol. The van der Waals surface area contributed by atoms with Gasteiger partial charge in [0.25, 0.3) is 0 Å². The molecule has 0 saturated carbocycles. The molecule has 2 heterocycles. The molecule has 1 aliphatic heterocycles. The second kappa shape index (κ2) is 4.80. The van der Waals surface area contributed by atoms with Gasteiger partial charge in [-0.25, -0.2) is 4.98 Å². The third-order valence-corrected chi connectivity index (χ3v) is 3.61. The molecule has 0 N–H and O–H groups in total. The Morgan fingerprint density at radius 1 is 1.00 bits per heavy atom. The quantitative estimate of drug-likeness (QED) is 0.787. The summed E-state index contributed by atoms with van der Waals surface area (Å²) in [5, 5.41) is 0. The lowest BCUT2D eigenvalue weighted by atomic mass is 10.2. The van der Waals surface area contributed by atoms with Crippen LogP contribution in [0, 0.1) is 0 Å². The van der Waals surface area contributed by atoms with Crippen molar-refractivity contribution in [3.8, 4) is 0 Å². The lowest BCUT2D eigenvalue weighted by molar-refractivity contribution is -0.114. The molecular weight excluding hydrogens is 226 g/mol. The predicted molar refractivity (Wildman–Crippen MR) is 70.3 cm³/mol. The Morgan fingerprint density at radius 3 is 2.39 bits per heavy atom. The minimum atomic E-state index is 0.275. The van der Waals surface area contributed by atoms with E-state index in [2.05, 4.69) is 14.8 Å². The van der Waals surface area contributed by atoms with Gasteiger partial charge in [-0.1, -0.05) is 6.07 Å². The number of allylic oxidation sites excluding steroid dienone is 2. The highest BCUT2D eigenvalue weighted by Crippen LogP contribution is 2.22. The molecule has 0 amide bonds. The van der Waals surface area contributed by atoms with E-state index in [9.17, 15) is 4.79 Å². The maximum absolute atomic E-state index is 11.3. The van der Waals surface area contributed by atoms with Crippen LogP contribution in [0.1, 0.15) is 12.8 Å². The monoisotopic (exact) mass is 243 g/mol. The summed E-state index contributed by atoms with van der Waals surface area (Å²) in [6.07, 6.45) is 5.26. The molecule has 4 heteroatoms. The summed E-state index contributed by atoms with van der Waals surface area (Å²) < 4.78 is 0. The van der Waals surface area contributed by atoms with Crippen LogP contribution in [0.3, 0.4) is 0 Å². The van der Waals surface area contributed by atoms with Crippen LogP contribution in [0.15, 0.2) is 36.2 Å². The fraction of sp³-hybridized carbons (Fsp3) is 0.429. The summed E-state index contributed by atoms with van der Waals surface area (Å²) in [7, 11) is 0. The molecule has 18 heavy (non-hydrogen) atoms. The number of pyridine rings is 1. The Balaban J connectivity index is 1.62. The molecule has 0 bridgehead atoms. The van der Waals surface area contributed by atoms with Crippen molar-refractivity contribution >= 4 is 11.6 Å². The zero-order chi connectivity index (χ0) is 12.4. The summed E-state index contributed by atoms with van der Waals surface area (Å²) in [5.41, 5.74) is 1.22. The number of rotatable bonds is 2. The molecule has 0 radical (unpaired) electrons. The molecule has 94 valence electrons. The highest BCUT2D eigenvalue weighted by Gasteiger charge is 2.22. The number of hydrogen-bond acceptors (Lipinski definition) is 4. The second-order valence-corrected chi connectivity index (χ2v) is 4.76. The summed E-state index contributed by atoms with van der Waals surface area (Å²) in [4.78, 5) is 20.3. The first-order valence-corrected chi connectivity index (χ1v) is 6.47. The van der Waals surface area contributed by atoms with E-state index >= 15 is 0 Å². The smallest absolute Gasteiger partial charge is 0.157 e. The van der Waals surface area contributed by atoms with Crippen LogP contribution < -0.4 is 4.90 Å². The van der Waals surface area contributed by atoms with Crippen LogP contribution >= 0.6 is 0 Å². The normalized spacial score (nSPS) is 20.2. The van der Waals surface area contributed by atoms with E-state index in [1.54, 1.807) is 0 Å². The Labute approximate surface area is 107 Å². The molecule has 0 atom stereocenters. The zero-order valence-corrected chi connectivity index (χ0v) is 10.4. The van der Waals surface area contributed by atoms with Gasteiger partial charge in [0.2, 0.25) is 0 Å². The topological polar surface area (TPSA) is 36.4 Å². The van der Waals surface area contributed by atoms with Crippen molar-refractivity contribution in [2.75, 3.05) is 31.1 Å². The van der Waals surface area contributed by atoms with Crippen molar-refractivity contribution in [3.63, 3.8) is 0 Å². The molecule has 0 unspecified atom stereocenters. The molecule has 4 nitrogen and oxygen atoms in total. The number of hydrogen-bond donors (Lipinski definition) is 0. The maximum atomic E-state index is 11.3. The first-order chi connectivity index (χ1) is 8.83. The van der Waals surface area contributed by atoms with Crippen molar-refractivity contribution < 1.29 is 4.79 Å². The first kappa shape index (κ1) is 11.3. The Hall–Kier alpha value is -1.84. The number of aromatic nitrogens is 1. The molecule has 0 spiro atoms.